The van der Waals surface area contributed by atoms with Crippen LogP contribution in [0.25, 0.3) is 0 Å². The molecule has 0 saturated heterocycles. The zero-order valence-corrected chi connectivity index (χ0v) is 16.5. The van der Waals surface area contributed by atoms with Gasteiger partial charge in [0, 0.05) is 18.0 Å². The van der Waals surface area contributed by atoms with E-state index in [1.54, 1.807) is 0 Å². The van der Waals surface area contributed by atoms with Crippen LogP contribution in [0.3, 0.4) is 0 Å². The van der Waals surface area contributed by atoms with Crippen LogP contribution < -0.4 is 10.2 Å². The summed E-state index contributed by atoms with van der Waals surface area (Å²) in [6.45, 7) is 9.10. The highest BCUT2D eigenvalue weighted by Gasteiger charge is 2.34. The molecule has 2 heterocycles. The second kappa shape index (κ2) is 7.07. The van der Waals surface area contributed by atoms with Crippen molar-refractivity contribution in [2.75, 3.05) is 10.2 Å². The van der Waals surface area contributed by atoms with Crippen LogP contribution in [-0.4, -0.2) is 4.98 Å². The van der Waals surface area contributed by atoms with Gasteiger partial charge in [-0.25, -0.2) is 0 Å². The van der Waals surface area contributed by atoms with Crippen molar-refractivity contribution in [1.29, 1.82) is 0 Å². The van der Waals surface area contributed by atoms with Gasteiger partial charge in [-0.15, -0.1) is 0 Å². The van der Waals surface area contributed by atoms with Crippen molar-refractivity contribution in [2.45, 2.75) is 45.7 Å². The lowest BCUT2D eigenvalue weighted by Gasteiger charge is -2.33. The molecule has 0 spiro atoms. The van der Waals surface area contributed by atoms with E-state index in [2.05, 4.69) is 91.4 Å². The number of anilines is 3. The molecule has 138 valence electrons. The second-order valence-corrected chi connectivity index (χ2v) is 7.81. The summed E-state index contributed by atoms with van der Waals surface area (Å²) < 4.78 is 0. The standard InChI is InChI=1S/C24H27N3/c1-16(2)19-10-7-11-20(17(3)4)23(19)27-22-13-6-5-12-21(22)26-24(27)18-9-8-14-25-15-18/h5-17,24,26H,1-4H3. The number of para-hydroxylation sites is 3. The highest BCUT2D eigenvalue weighted by molar-refractivity contribution is 5.85. The molecule has 0 radical (unpaired) electrons. The Morgan fingerprint density at radius 3 is 2.19 bits per heavy atom. The van der Waals surface area contributed by atoms with Gasteiger partial charge in [-0.1, -0.05) is 64.1 Å². The van der Waals surface area contributed by atoms with Crippen LogP contribution in [0.2, 0.25) is 0 Å². The van der Waals surface area contributed by atoms with Gasteiger partial charge in [0.2, 0.25) is 0 Å². The van der Waals surface area contributed by atoms with Gasteiger partial charge in [-0.05, 0) is 41.2 Å². The minimum Gasteiger partial charge on any atom is -0.359 e. The number of hydrogen-bond donors (Lipinski definition) is 1. The summed E-state index contributed by atoms with van der Waals surface area (Å²) in [7, 11) is 0. The molecule has 4 rings (SSSR count). The first-order chi connectivity index (χ1) is 13.1. The van der Waals surface area contributed by atoms with Crippen LogP contribution in [-0.2, 0) is 0 Å². The molecule has 0 aliphatic carbocycles. The van der Waals surface area contributed by atoms with Crippen LogP contribution in [0.5, 0.6) is 0 Å². The summed E-state index contributed by atoms with van der Waals surface area (Å²) in [6, 6.07) is 19.5. The first kappa shape index (κ1) is 17.6. The number of rotatable bonds is 4. The van der Waals surface area contributed by atoms with E-state index in [4.69, 9.17) is 0 Å². The molecule has 1 aliphatic rings. The Kier molecular flexibility index (Phi) is 4.61. The van der Waals surface area contributed by atoms with Crippen LogP contribution in [0.1, 0.15) is 62.4 Å². The van der Waals surface area contributed by atoms with Gasteiger partial charge in [-0.3, -0.25) is 4.98 Å². The molecule has 1 atom stereocenters. The number of benzene rings is 2. The molecule has 2 aromatic carbocycles. The van der Waals surface area contributed by atoms with Gasteiger partial charge in [0.15, 0.2) is 0 Å². The molecule has 1 unspecified atom stereocenters. The van der Waals surface area contributed by atoms with E-state index >= 15 is 0 Å². The van der Waals surface area contributed by atoms with Crippen molar-refractivity contribution < 1.29 is 0 Å². The molecule has 0 bridgehead atoms. The molecule has 1 aromatic heterocycles. The first-order valence-electron chi connectivity index (χ1n) is 9.75. The predicted molar refractivity (Wildman–Crippen MR) is 114 cm³/mol. The second-order valence-electron chi connectivity index (χ2n) is 7.81. The van der Waals surface area contributed by atoms with Crippen molar-refractivity contribution >= 4 is 17.1 Å². The van der Waals surface area contributed by atoms with E-state index in [1.807, 2.05) is 18.5 Å². The van der Waals surface area contributed by atoms with E-state index in [0.29, 0.717) is 11.8 Å². The molecule has 1 N–H and O–H groups in total. The van der Waals surface area contributed by atoms with E-state index < -0.39 is 0 Å². The Bertz CT molecular complexity index is 905. The number of aromatic nitrogens is 1. The lowest BCUT2D eigenvalue weighted by atomic mass is 9.91. The summed E-state index contributed by atoms with van der Waals surface area (Å²) >= 11 is 0. The van der Waals surface area contributed by atoms with Crippen LogP contribution in [0.4, 0.5) is 17.1 Å². The quantitative estimate of drug-likeness (QED) is 0.571. The molecule has 3 nitrogen and oxygen atoms in total. The molecule has 3 aromatic rings. The molecular weight excluding hydrogens is 330 g/mol. The van der Waals surface area contributed by atoms with E-state index in [0.717, 1.165) is 0 Å². The molecule has 0 amide bonds. The fourth-order valence-electron chi connectivity index (χ4n) is 3.97. The lowest BCUT2D eigenvalue weighted by Crippen LogP contribution is -2.26. The van der Waals surface area contributed by atoms with Gasteiger partial charge in [0.1, 0.15) is 6.17 Å². The largest absolute Gasteiger partial charge is 0.359 e. The van der Waals surface area contributed by atoms with Crippen molar-refractivity contribution in [3.05, 3.63) is 83.7 Å². The summed E-state index contributed by atoms with van der Waals surface area (Å²) in [5, 5.41) is 3.72. The normalized spacial score (nSPS) is 15.9. The van der Waals surface area contributed by atoms with E-state index in [9.17, 15) is 0 Å². The monoisotopic (exact) mass is 357 g/mol. The average molecular weight is 358 g/mol. The molecule has 0 fully saturated rings. The Morgan fingerprint density at radius 1 is 0.852 bits per heavy atom. The summed E-state index contributed by atoms with van der Waals surface area (Å²) in [4.78, 5) is 6.84. The highest BCUT2D eigenvalue weighted by Crippen LogP contribution is 2.49. The van der Waals surface area contributed by atoms with E-state index in [-0.39, 0.29) is 6.17 Å². The van der Waals surface area contributed by atoms with Gasteiger partial charge >= 0.3 is 0 Å². The van der Waals surface area contributed by atoms with Crippen molar-refractivity contribution in [2.24, 2.45) is 0 Å². The minimum absolute atomic E-state index is 0.0356. The third kappa shape index (κ3) is 3.08. The Labute approximate surface area is 162 Å². The fourth-order valence-corrected chi connectivity index (χ4v) is 3.97. The Hall–Kier alpha value is -2.81. The van der Waals surface area contributed by atoms with Crippen molar-refractivity contribution in [1.82, 2.24) is 4.98 Å². The number of nitrogens with one attached hydrogen (secondary N) is 1. The van der Waals surface area contributed by atoms with Gasteiger partial charge < -0.3 is 10.2 Å². The van der Waals surface area contributed by atoms with Gasteiger partial charge in [-0.2, -0.15) is 0 Å². The van der Waals surface area contributed by atoms with Crippen molar-refractivity contribution in [3.8, 4) is 0 Å². The smallest absolute Gasteiger partial charge is 0.132 e. The van der Waals surface area contributed by atoms with Gasteiger partial charge in [0.05, 0.1) is 17.1 Å². The van der Waals surface area contributed by atoms with Crippen LogP contribution >= 0.6 is 0 Å². The number of hydrogen-bond acceptors (Lipinski definition) is 3. The lowest BCUT2D eigenvalue weighted by molar-refractivity contribution is 0.773. The topological polar surface area (TPSA) is 28.2 Å². The molecule has 3 heteroatoms. The third-order valence-corrected chi connectivity index (χ3v) is 5.30. The van der Waals surface area contributed by atoms with Crippen molar-refractivity contribution in [3.63, 3.8) is 0 Å². The Balaban J connectivity index is 1.97. The summed E-state index contributed by atoms with van der Waals surface area (Å²) in [6.07, 6.45) is 3.83. The zero-order chi connectivity index (χ0) is 19.0. The minimum atomic E-state index is 0.0356. The maximum absolute atomic E-state index is 4.37. The van der Waals surface area contributed by atoms with Gasteiger partial charge in [0.25, 0.3) is 0 Å². The van der Waals surface area contributed by atoms with Crippen LogP contribution in [0, 0.1) is 0 Å². The molecule has 0 saturated carbocycles. The number of fused-ring (bicyclic) bond motifs is 1. The Morgan fingerprint density at radius 2 is 1.56 bits per heavy atom. The summed E-state index contributed by atoms with van der Waals surface area (Å²) in [5.41, 5.74) is 7.65. The SMILES string of the molecule is CC(C)c1cccc(C(C)C)c1N1c2ccccc2NC1c1cccnc1. The molecule has 1 aliphatic heterocycles. The molecular formula is C24H27N3. The number of pyridine rings is 1. The zero-order valence-electron chi connectivity index (χ0n) is 16.5. The molecule has 27 heavy (non-hydrogen) atoms. The predicted octanol–water partition coefficient (Wildman–Crippen LogP) is 6.59. The highest BCUT2D eigenvalue weighted by atomic mass is 15.3. The van der Waals surface area contributed by atoms with Crippen LogP contribution in [0.15, 0.2) is 67.0 Å². The third-order valence-electron chi connectivity index (χ3n) is 5.30. The maximum Gasteiger partial charge on any atom is 0.132 e. The maximum atomic E-state index is 4.37. The first-order valence-corrected chi connectivity index (χ1v) is 9.75. The van der Waals surface area contributed by atoms with E-state index in [1.165, 1.54) is 33.8 Å². The average Bonchev–Trinajstić information content (AvgIpc) is 3.07. The number of nitrogens with zero attached hydrogens (tertiary/aromatic N) is 2. The fraction of sp³-hybridized carbons (Fsp3) is 0.292. The summed E-state index contributed by atoms with van der Waals surface area (Å²) in [5.74, 6) is 0.891.